The molecule has 0 radical (unpaired) electrons. The van der Waals surface area contributed by atoms with Gasteiger partial charge in [-0.25, -0.2) is 0 Å². The summed E-state index contributed by atoms with van der Waals surface area (Å²) in [6, 6.07) is 2.47. The third kappa shape index (κ3) is 2.96. The fraction of sp³-hybridized carbons (Fsp3) is 0.562. The standard InChI is InChI=1S/C16H23N3S/c1-2-19-11-12(10-18-19)8-14(17)16-9-13-6-4-3-5-7-15(13)20-16/h9-11,14H,2-8,17H2,1H3. The molecule has 0 saturated carbocycles. The molecule has 1 aliphatic rings. The first kappa shape index (κ1) is 13.8. The lowest BCUT2D eigenvalue weighted by Crippen LogP contribution is -2.11. The molecule has 108 valence electrons. The van der Waals surface area contributed by atoms with Crippen LogP contribution in [0.3, 0.4) is 0 Å². The van der Waals surface area contributed by atoms with Crippen LogP contribution in [-0.4, -0.2) is 9.78 Å². The summed E-state index contributed by atoms with van der Waals surface area (Å²) in [4.78, 5) is 2.93. The fourth-order valence-electron chi connectivity index (χ4n) is 2.91. The highest BCUT2D eigenvalue weighted by molar-refractivity contribution is 7.12. The molecule has 2 N–H and O–H groups in total. The van der Waals surface area contributed by atoms with Gasteiger partial charge in [-0.2, -0.15) is 5.10 Å². The van der Waals surface area contributed by atoms with E-state index in [1.54, 1.807) is 10.4 Å². The summed E-state index contributed by atoms with van der Waals surface area (Å²) in [6.45, 7) is 3.02. The molecule has 4 heteroatoms. The number of thiophene rings is 1. The van der Waals surface area contributed by atoms with Crippen LogP contribution < -0.4 is 5.73 Å². The lowest BCUT2D eigenvalue weighted by atomic mass is 10.1. The minimum Gasteiger partial charge on any atom is -0.323 e. The average molecular weight is 289 g/mol. The predicted octanol–water partition coefficient (Wildman–Crippen LogP) is 3.48. The van der Waals surface area contributed by atoms with E-state index < -0.39 is 0 Å². The largest absolute Gasteiger partial charge is 0.323 e. The SMILES string of the molecule is CCn1cc(CC(N)c2cc3c(s2)CCCCC3)cn1. The van der Waals surface area contributed by atoms with Crippen molar-refractivity contribution in [3.63, 3.8) is 0 Å². The van der Waals surface area contributed by atoms with Gasteiger partial charge < -0.3 is 5.73 Å². The molecular weight excluding hydrogens is 266 g/mol. The third-order valence-electron chi connectivity index (χ3n) is 4.10. The van der Waals surface area contributed by atoms with Gasteiger partial charge in [-0.1, -0.05) is 6.42 Å². The Morgan fingerprint density at radius 3 is 3.00 bits per heavy atom. The van der Waals surface area contributed by atoms with E-state index in [1.165, 1.54) is 42.5 Å². The smallest absolute Gasteiger partial charge is 0.0522 e. The number of hydrogen-bond donors (Lipinski definition) is 1. The molecule has 0 bridgehead atoms. The number of rotatable bonds is 4. The van der Waals surface area contributed by atoms with Gasteiger partial charge in [-0.15, -0.1) is 11.3 Å². The zero-order valence-electron chi connectivity index (χ0n) is 12.1. The Morgan fingerprint density at radius 2 is 2.20 bits per heavy atom. The maximum absolute atomic E-state index is 6.40. The van der Waals surface area contributed by atoms with E-state index in [-0.39, 0.29) is 6.04 Å². The highest BCUT2D eigenvalue weighted by Crippen LogP contribution is 2.32. The van der Waals surface area contributed by atoms with Crippen LogP contribution in [0.15, 0.2) is 18.5 Å². The summed E-state index contributed by atoms with van der Waals surface area (Å²) >= 11 is 1.94. The normalized spacial score (nSPS) is 16.7. The average Bonchev–Trinajstić information content (AvgIpc) is 3.01. The number of nitrogens with two attached hydrogens (primary N) is 1. The molecular formula is C16H23N3S. The molecule has 0 saturated heterocycles. The molecule has 0 fully saturated rings. The van der Waals surface area contributed by atoms with Crippen LogP contribution in [0.4, 0.5) is 0 Å². The van der Waals surface area contributed by atoms with E-state index in [0.29, 0.717) is 0 Å². The first-order chi connectivity index (χ1) is 9.76. The van der Waals surface area contributed by atoms with Gasteiger partial charge in [0.1, 0.15) is 0 Å². The summed E-state index contributed by atoms with van der Waals surface area (Å²) in [5.74, 6) is 0. The first-order valence-corrected chi connectivity index (χ1v) is 8.46. The van der Waals surface area contributed by atoms with Crippen LogP contribution in [0.25, 0.3) is 0 Å². The highest BCUT2D eigenvalue weighted by Gasteiger charge is 2.16. The number of aryl methyl sites for hydroxylation is 3. The van der Waals surface area contributed by atoms with Crippen LogP contribution >= 0.6 is 11.3 Å². The van der Waals surface area contributed by atoms with Crippen molar-refractivity contribution in [2.45, 2.75) is 58.0 Å². The topological polar surface area (TPSA) is 43.8 Å². The molecule has 20 heavy (non-hydrogen) atoms. The molecule has 0 amide bonds. The second-order valence-electron chi connectivity index (χ2n) is 5.67. The highest BCUT2D eigenvalue weighted by atomic mass is 32.1. The Bertz CT molecular complexity index is 547. The Morgan fingerprint density at radius 1 is 1.35 bits per heavy atom. The summed E-state index contributed by atoms with van der Waals surface area (Å²) in [5.41, 5.74) is 9.20. The summed E-state index contributed by atoms with van der Waals surface area (Å²) < 4.78 is 1.96. The van der Waals surface area contributed by atoms with E-state index in [0.717, 1.165) is 13.0 Å². The van der Waals surface area contributed by atoms with Gasteiger partial charge in [0.25, 0.3) is 0 Å². The van der Waals surface area contributed by atoms with Crippen LogP contribution in [0.2, 0.25) is 0 Å². The summed E-state index contributed by atoms with van der Waals surface area (Å²) in [5, 5.41) is 4.32. The number of fused-ring (bicyclic) bond motifs is 1. The van der Waals surface area contributed by atoms with Crippen molar-refractivity contribution < 1.29 is 0 Å². The van der Waals surface area contributed by atoms with Crippen molar-refractivity contribution in [1.29, 1.82) is 0 Å². The van der Waals surface area contributed by atoms with Crippen LogP contribution in [-0.2, 0) is 25.8 Å². The molecule has 1 unspecified atom stereocenters. The maximum Gasteiger partial charge on any atom is 0.0522 e. The minimum atomic E-state index is 0.112. The molecule has 2 aromatic rings. The van der Waals surface area contributed by atoms with E-state index >= 15 is 0 Å². The molecule has 1 aliphatic carbocycles. The minimum absolute atomic E-state index is 0.112. The number of nitrogens with zero attached hydrogens (tertiary/aromatic N) is 2. The van der Waals surface area contributed by atoms with Gasteiger partial charge >= 0.3 is 0 Å². The number of hydrogen-bond acceptors (Lipinski definition) is 3. The zero-order chi connectivity index (χ0) is 13.9. The van der Waals surface area contributed by atoms with E-state index in [2.05, 4.69) is 24.3 Å². The zero-order valence-corrected chi connectivity index (χ0v) is 13.0. The second-order valence-corrected chi connectivity index (χ2v) is 6.84. The molecule has 0 aromatic carbocycles. The summed E-state index contributed by atoms with van der Waals surface area (Å²) in [6.07, 6.45) is 11.5. The molecule has 0 aliphatic heterocycles. The Balaban J connectivity index is 1.72. The second kappa shape index (κ2) is 6.10. The Kier molecular flexibility index (Phi) is 4.22. The Labute approximate surface area is 124 Å². The van der Waals surface area contributed by atoms with E-state index in [9.17, 15) is 0 Å². The first-order valence-electron chi connectivity index (χ1n) is 7.64. The lowest BCUT2D eigenvalue weighted by molar-refractivity contribution is 0.657. The van der Waals surface area contributed by atoms with Gasteiger partial charge in [0.05, 0.1) is 6.20 Å². The van der Waals surface area contributed by atoms with Crippen molar-refractivity contribution in [2.75, 3.05) is 0 Å². The van der Waals surface area contributed by atoms with Gasteiger partial charge in [-0.3, -0.25) is 4.68 Å². The predicted molar refractivity (Wildman–Crippen MR) is 84.1 cm³/mol. The lowest BCUT2D eigenvalue weighted by Gasteiger charge is -2.07. The monoisotopic (exact) mass is 289 g/mol. The molecule has 1 atom stereocenters. The van der Waals surface area contributed by atoms with Crippen molar-refractivity contribution in [3.8, 4) is 0 Å². The fourth-order valence-corrected chi connectivity index (χ4v) is 4.17. The van der Waals surface area contributed by atoms with Gasteiger partial charge in [0.2, 0.25) is 0 Å². The van der Waals surface area contributed by atoms with Crippen molar-refractivity contribution in [2.24, 2.45) is 5.73 Å². The molecule has 0 spiro atoms. The van der Waals surface area contributed by atoms with Gasteiger partial charge in [0, 0.05) is 28.5 Å². The number of aromatic nitrogens is 2. The van der Waals surface area contributed by atoms with Crippen LogP contribution in [0.1, 0.15) is 53.1 Å². The quantitative estimate of drug-likeness (QED) is 0.876. The van der Waals surface area contributed by atoms with E-state index in [1.807, 2.05) is 22.2 Å². The van der Waals surface area contributed by atoms with Crippen LogP contribution in [0, 0.1) is 0 Å². The molecule has 2 heterocycles. The van der Waals surface area contributed by atoms with Crippen LogP contribution in [0.5, 0.6) is 0 Å². The third-order valence-corrected chi connectivity index (χ3v) is 5.47. The van der Waals surface area contributed by atoms with Crippen molar-refractivity contribution in [3.05, 3.63) is 39.3 Å². The van der Waals surface area contributed by atoms with Crippen molar-refractivity contribution in [1.82, 2.24) is 9.78 Å². The summed E-state index contributed by atoms with van der Waals surface area (Å²) in [7, 11) is 0. The van der Waals surface area contributed by atoms with Gasteiger partial charge in [0.15, 0.2) is 0 Å². The van der Waals surface area contributed by atoms with Crippen molar-refractivity contribution >= 4 is 11.3 Å². The maximum atomic E-state index is 6.40. The molecule has 2 aromatic heterocycles. The molecule has 3 rings (SSSR count). The van der Waals surface area contributed by atoms with Gasteiger partial charge in [-0.05, 0) is 56.2 Å². The van der Waals surface area contributed by atoms with E-state index in [4.69, 9.17) is 5.73 Å². The molecule has 3 nitrogen and oxygen atoms in total. The Hall–Kier alpha value is -1.13.